The highest BCUT2D eigenvalue weighted by Gasteiger charge is 2.44. The number of carbonyl (C=O) groups is 1. The predicted octanol–water partition coefficient (Wildman–Crippen LogP) is 3.16. The van der Waals surface area contributed by atoms with Gasteiger partial charge < -0.3 is 4.74 Å². The van der Waals surface area contributed by atoms with E-state index in [-0.39, 0.29) is 6.61 Å². The summed E-state index contributed by atoms with van der Waals surface area (Å²) in [4.78, 5) is 11.0. The standard InChI is InChI=1S/C10H16F2O5S/c11-10(12,18-17-16-14)9(13)15-7-3-6-8-4-1-2-5-8/h8,14H,1-7H2. The summed E-state index contributed by atoms with van der Waals surface area (Å²) >= 11 is -0.610. The van der Waals surface area contributed by atoms with Gasteiger partial charge in [0.2, 0.25) is 0 Å². The highest BCUT2D eigenvalue weighted by atomic mass is 32.2. The summed E-state index contributed by atoms with van der Waals surface area (Å²) in [6, 6.07) is 0. The van der Waals surface area contributed by atoms with E-state index in [1.807, 2.05) is 0 Å². The molecule has 0 radical (unpaired) electrons. The minimum absolute atomic E-state index is 0.0362. The second kappa shape index (κ2) is 7.88. The van der Waals surface area contributed by atoms with Gasteiger partial charge in [-0.25, -0.2) is 10.1 Å². The van der Waals surface area contributed by atoms with Crippen molar-refractivity contribution in [3.05, 3.63) is 0 Å². The maximum atomic E-state index is 12.9. The van der Waals surface area contributed by atoms with Crippen LogP contribution in [0.5, 0.6) is 0 Å². The minimum Gasteiger partial charge on any atom is -0.460 e. The summed E-state index contributed by atoms with van der Waals surface area (Å²) in [5.41, 5.74) is 0. The molecule has 1 N–H and O–H groups in total. The van der Waals surface area contributed by atoms with Gasteiger partial charge in [-0.05, 0) is 18.8 Å². The van der Waals surface area contributed by atoms with Crippen LogP contribution >= 0.6 is 12.0 Å². The summed E-state index contributed by atoms with van der Waals surface area (Å²) in [7, 11) is 0. The van der Waals surface area contributed by atoms with Crippen LogP contribution in [0, 0.1) is 5.92 Å². The van der Waals surface area contributed by atoms with Gasteiger partial charge in [-0.15, -0.1) is 4.33 Å². The fraction of sp³-hybridized carbons (Fsp3) is 0.900. The Bertz CT molecular complexity index is 259. The first-order chi connectivity index (χ1) is 8.56. The van der Waals surface area contributed by atoms with Gasteiger partial charge in [0.1, 0.15) is 12.0 Å². The molecule has 0 amide bonds. The molecule has 0 heterocycles. The third-order valence-corrected chi connectivity index (χ3v) is 3.38. The third kappa shape index (κ3) is 5.47. The van der Waals surface area contributed by atoms with E-state index < -0.39 is 23.3 Å². The van der Waals surface area contributed by atoms with Gasteiger partial charge in [0.15, 0.2) is 0 Å². The zero-order valence-corrected chi connectivity index (χ0v) is 10.6. The molecule has 1 fully saturated rings. The van der Waals surface area contributed by atoms with Crippen LogP contribution in [-0.4, -0.2) is 23.1 Å². The Labute approximate surface area is 108 Å². The van der Waals surface area contributed by atoms with Crippen LogP contribution < -0.4 is 0 Å². The molecule has 106 valence electrons. The Morgan fingerprint density at radius 2 is 2.06 bits per heavy atom. The number of ether oxygens (including phenoxy) is 1. The molecule has 0 unspecified atom stereocenters. The molecule has 0 aromatic carbocycles. The van der Waals surface area contributed by atoms with E-state index in [4.69, 9.17) is 5.26 Å². The lowest BCUT2D eigenvalue weighted by Gasteiger charge is -2.13. The number of esters is 1. The molecule has 1 aliphatic rings. The van der Waals surface area contributed by atoms with Crippen LogP contribution in [0.2, 0.25) is 0 Å². The molecule has 5 nitrogen and oxygen atoms in total. The SMILES string of the molecule is O=C(OCCCC1CCCC1)C(F)(F)SOOO. The molecule has 0 saturated heterocycles. The first-order valence-electron chi connectivity index (χ1n) is 5.77. The van der Waals surface area contributed by atoms with E-state index >= 15 is 0 Å². The lowest BCUT2D eigenvalue weighted by Crippen LogP contribution is -2.27. The highest BCUT2D eigenvalue weighted by Crippen LogP contribution is 2.32. The molecular weight excluding hydrogens is 270 g/mol. The molecule has 18 heavy (non-hydrogen) atoms. The molecule has 0 aliphatic heterocycles. The van der Waals surface area contributed by atoms with Gasteiger partial charge in [0.05, 0.1) is 6.61 Å². The van der Waals surface area contributed by atoms with Gasteiger partial charge in [0, 0.05) is 0 Å². The minimum atomic E-state index is -3.89. The first-order valence-corrected chi connectivity index (χ1v) is 6.51. The lowest BCUT2D eigenvalue weighted by molar-refractivity contribution is -0.433. The van der Waals surface area contributed by atoms with Crippen molar-refractivity contribution in [3.63, 3.8) is 0 Å². The molecule has 0 aromatic heterocycles. The van der Waals surface area contributed by atoms with Gasteiger partial charge in [-0.1, -0.05) is 30.7 Å². The number of hydrogen-bond acceptors (Lipinski definition) is 6. The average molecular weight is 286 g/mol. The molecule has 0 bridgehead atoms. The third-order valence-electron chi connectivity index (χ3n) is 2.87. The number of alkyl halides is 2. The Morgan fingerprint density at radius 1 is 1.39 bits per heavy atom. The van der Waals surface area contributed by atoms with Gasteiger partial charge in [-0.3, -0.25) is 0 Å². The van der Waals surface area contributed by atoms with Crippen LogP contribution in [0.4, 0.5) is 8.78 Å². The first kappa shape index (κ1) is 15.6. The summed E-state index contributed by atoms with van der Waals surface area (Å²) in [6.45, 7) is -0.0362. The van der Waals surface area contributed by atoms with Crippen LogP contribution in [0.15, 0.2) is 0 Å². The van der Waals surface area contributed by atoms with E-state index in [1.165, 1.54) is 25.7 Å². The van der Waals surface area contributed by atoms with Crippen molar-refractivity contribution >= 4 is 18.0 Å². The van der Waals surface area contributed by atoms with Crippen molar-refractivity contribution in [1.82, 2.24) is 0 Å². The summed E-state index contributed by atoms with van der Waals surface area (Å²) in [5.74, 6) is -1.07. The summed E-state index contributed by atoms with van der Waals surface area (Å²) in [6.07, 6.45) is 6.25. The molecule has 0 atom stereocenters. The Balaban J connectivity index is 2.11. The number of carbonyl (C=O) groups excluding carboxylic acids is 1. The Morgan fingerprint density at radius 3 is 2.67 bits per heavy atom. The van der Waals surface area contributed by atoms with Crippen molar-refractivity contribution in [2.45, 2.75) is 43.8 Å². The topological polar surface area (TPSA) is 65.0 Å². The molecule has 1 rings (SSSR count). The number of halogens is 2. The van der Waals surface area contributed by atoms with E-state index in [1.54, 1.807) is 0 Å². The normalized spacial score (nSPS) is 17.1. The highest BCUT2D eigenvalue weighted by molar-refractivity contribution is 7.96. The van der Waals surface area contributed by atoms with Crippen LogP contribution in [0.25, 0.3) is 0 Å². The molecule has 1 saturated carbocycles. The van der Waals surface area contributed by atoms with Crippen molar-refractivity contribution in [2.75, 3.05) is 6.61 Å². The summed E-state index contributed by atoms with van der Waals surface area (Å²) in [5, 5.41) is 6.82. The van der Waals surface area contributed by atoms with Crippen molar-refractivity contribution in [3.8, 4) is 0 Å². The Kier molecular flexibility index (Phi) is 6.83. The maximum Gasteiger partial charge on any atom is 0.415 e. The molecule has 8 heteroatoms. The predicted molar refractivity (Wildman–Crippen MR) is 59.5 cm³/mol. The second-order valence-electron chi connectivity index (χ2n) is 4.17. The van der Waals surface area contributed by atoms with E-state index in [0.717, 1.165) is 6.42 Å². The maximum absolute atomic E-state index is 12.9. The van der Waals surface area contributed by atoms with Gasteiger partial charge in [-0.2, -0.15) is 8.78 Å². The van der Waals surface area contributed by atoms with E-state index in [2.05, 4.69) is 14.1 Å². The quantitative estimate of drug-likeness (QED) is 0.243. The van der Waals surface area contributed by atoms with Crippen molar-refractivity contribution in [1.29, 1.82) is 0 Å². The zero-order valence-electron chi connectivity index (χ0n) is 9.77. The lowest BCUT2D eigenvalue weighted by atomic mass is 10.0. The summed E-state index contributed by atoms with van der Waals surface area (Å²) < 4.78 is 33.8. The molecular formula is C10H16F2O5S. The molecule has 1 aliphatic carbocycles. The zero-order chi connectivity index (χ0) is 13.4. The fourth-order valence-electron chi connectivity index (χ4n) is 2.01. The van der Waals surface area contributed by atoms with Gasteiger partial charge >= 0.3 is 11.2 Å². The fourth-order valence-corrected chi connectivity index (χ4v) is 2.25. The van der Waals surface area contributed by atoms with Crippen molar-refractivity contribution in [2.24, 2.45) is 5.92 Å². The molecule has 0 spiro atoms. The molecule has 0 aromatic rings. The smallest absolute Gasteiger partial charge is 0.415 e. The Hall–Kier alpha value is -0.440. The van der Waals surface area contributed by atoms with E-state index in [0.29, 0.717) is 12.3 Å². The average Bonchev–Trinajstić information content (AvgIpc) is 2.85. The van der Waals surface area contributed by atoms with Crippen LogP contribution in [0.1, 0.15) is 38.5 Å². The number of hydrogen-bond donors (Lipinski definition) is 1. The van der Waals surface area contributed by atoms with Crippen LogP contribution in [-0.2, 0) is 18.9 Å². The van der Waals surface area contributed by atoms with E-state index in [9.17, 15) is 13.6 Å². The van der Waals surface area contributed by atoms with Crippen molar-refractivity contribution < 1.29 is 32.9 Å². The second-order valence-corrected chi connectivity index (χ2v) is 4.99. The largest absolute Gasteiger partial charge is 0.460 e. The van der Waals surface area contributed by atoms with Crippen LogP contribution in [0.3, 0.4) is 0 Å². The monoisotopic (exact) mass is 286 g/mol. The van der Waals surface area contributed by atoms with Gasteiger partial charge in [0.25, 0.3) is 0 Å². The number of rotatable bonds is 8.